The highest BCUT2D eigenvalue weighted by molar-refractivity contribution is 4.75. The van der Waals surface area contributed by atoms with E-state index < -0.39 is 12.7 Å². The number of hydrogen-bond acceptors (Lipinski definition) is 3. The molecule has 0 bridgehead atoms. The van der Waals surface area contributed by atoms with Crippen LogP contribution >= 0.6 is 0 Å². The molecule has 92 valence electrons. The van der Waals surface area contributed by atoms with Crippen molar-refractivity contribution in [2.24, 2.45) is 0 Å². The van der Waals surface area contributed by atoms with Crippen LogP contribution in [0.3, 0.4) is 0 Å². The quantitative estimate of drug-likeness (QED) is 0.793. The minimum atomic E-state index is -4.23. The van der Waals surface area contributed by atoms with Crippen LogP contribution in [0.25, 0.3) is 0 Å². The molecule has 1 N–H and O–H groups in total. The molecule has 1 aromatic heterocycles. The van der Waals surface area contributed by atoms with Crippen molar-refractivity contribution in [3.05, 3.63) is 18.7 Å². The summed E-state index contributed by atoms with van der Waals surface area (Å²) >= 11 is 0. The van der Waals surface area contributed by atoms with Gasteiger partial charge < -0.3 is 9.67 Å². The lowest BCUT2D eigenvalue weighted by molar-refractivity contribution is -0.147. The molecule has 16 heavy (non-hydrogen) atoms. The van der Waals surface area contributed by atoms with Gasteiger partial charge in [0.15, 0.2) is 0 Å². The van der Waals surface area contributed by atoms with Gasteiger partial charge in [0, 0.05) is 32.0 Å². The second-order valence-electron chi connectivity index (χ2n) is 3.42. The van der Waals surface area contributed by atoms with E-state index in [9.17, 15) is 13.2 Å². The molecule has 1 aromatic rings. The van der Waals surface area contributed by atoms with E-state index in [2.05, 4.69) is 4.98 Å². The van der Waals surface area contributed by atoms with Crippen molar-refractivity contribution in [2.75, 3.05) is 26.2 Å². The van der Waals surface area contributed by atoms with Crippen molar-refractivity contribution in [1.82, 2.24) is 14.5 Å². The van der Waals surface area contributed by atoms with Crippen LogP contribution in [0.1, 0.15) is 0 Å². The Morgan fingerprint density at radius 3 is 2.56 bits per heavy atom. The minimum absolute atomic E-state index is 0.0220. The van der Waals surface area contributed by atoms with E-state index in [0.717, 1.165) is 0 Å². The predicted octanol–water partition coefficient (Wildman–Crippen LogP) is 0.740. The smallest absolute Gasteiger partial charge is 0.395 e. The monoisotopic (exact) mass is 237 g/mol. The molecule has 0 aliphatic carbocycles. The average molecular weight is 237 g/mol. The number of halogens is 3. The Hall–Kier alpha value is -1.08. The summed E-state index contributed by atoms with van der Waals surface area (Å²) in [4.78, 5) is 4.96. The first-order valence-electron chi connectivity index (χ1n) is 4.87. The van der Waals surface area contributed by atoms with Crippen LogP contribution in [0.5, 0.6) is 0 Å². The van der Waals surface area contributed by atoms with Crippen molar-refractivity contribution < 1.29 is 18.3 Å². The third kappa shape index (κ3) is 5.13. The molecule has 0 spiro atoms. The summed E-state index contributed by atoms with van der Waals surface area (Å²) in [5.41, 5.74) is 0. The van der Waals surface area contributed by atoms with E-state index in [1.54, 1.807) is 23.3 Å². The molecule has 0 amide bonds. The Balaban J connectivity index is 2.39. The molecule has 0 saturated carbocycles. The second-order valence-corrected chi connectivity index (χ2v) is 3.42. The van der Waals surface area contributed by atoms with Gasteiger partial charge in [0.05, 0.1) is 19.5 Å². The van der Waals surface area contributed by atoms with Gasteiger partial charge in [-0.1, -0.05) is 0 Å². The first-order chi connectivity index (χ1) is 7.51. The zero-order valence-electron chi connectivity index (χ0n) is 8.69. The van der Waals surface area contributed by atoms with Gasteiger partial charge in [-0.2, -0.15) is 13.2 Å². The summed E-state index contributed by atoms with van der Waals surface area (Å²) in [5.74, 6) is 0. The number of aliphatic hydroxyl groups is 1. The lowest BCUT2D eigenvalue weighted by Gasteiger charge is -2.22. The molecule has 0 aliphatic heterocycles. The number of nitrogens with zero attached hydrogens (tertiary/aromatic N) is 3. The second kappa shape index (κ2) is 5.86. The Labute approximate surface area is 91.3 Å². The van der Waals surface area contributed by atoms with Crippen molar-refractivity contribution in [3.8, 4) is 0 Å². The van der Waals surface area contributed by atoms with Gasteiger partial charge in [0.1, 0.15) is 0 Å². The molecule has 7 heteroatoms. The summed E-state index contributed by atoms with van der Waals surface area (Å²) in [6.45, 7) is -0.594. The molecule has 1 rings (SSSR count). The van der Waals surface area contributed by atoms with Crippen molar-refractivity contribution in [1.29, 1.82) is 0 Å². The van der Waals surface area contributed by atoms with Crippen LogP contribution in [-0.4, -0.2) is 52.0 Å². The largest absolute Gasteiger partial charge is 0.401 e. The van der Waals surface area contributed by atoms with Crippen molar-refractivity contribution in [2.45, 2.75) is 12.7 Å². The Bertz CT molecular complexity index is 287. The summed E-state index contributed by atoms with van der Waals surface area (Å²) in [5, 5.41) is 8.66. The number of rotatable bonds is 6. The molecule has 0 atom stereocenters. The maximum absolute atomic E-state index is 12.2. The summed E-state index contributed by atoms with van der Waals surface area (Å²) in [6.07, 6.45) is 0.569. The topological polar surface area (TPSA) is 41.3 Å². The highest BCUT2D eigenvalue weighted by atomic mass is 19.4. The third-order valence-electron chi connectivity index (χ3n) is 2.05. The molecule has 0 aromatic carbocycles. The lowest BCUT2D eigenvalue weighted by Crippen LogP contribution is -2.38. The Morgan fingerprint density at radius 2 is 2.06 bits per heavy atom. The van der Waals surface area contributed by atoms with Crippen LogP contribution < -0.4 is 0 Å². The lowest BCUT2D eigenvalue weighted by atomic mass is 10.4. The number of hydrogen-bond donors (Lipinski definition) is 1. The molecular weight excluding hydrogens is 223 g/mol. The number of aliphatic hydroxyl groups excluding tert-OH is 1. The Kier molecular flexibility index (Phi) is 4.75. The highest BCUT2D eigenvalue weighted by Crippen LogP contribution is 2.16. The van der Waals surface area contributed by atoms with Crippen molar-refractivity contribution in [3.63, 3.8) is 0 Å². The van der Waals surface area contributed by atoms with Crippen LogP contribution in [0.15, 0.2) is 18.7 Å². The number of alkyl halides is 3. The maximum atomic E-state index is 12.2. The van der Waals surface area contributed by atoms with Gasteiger partial charge >= 0.3 is 6.18 Å². The molecule has 0 fully saturated rings. The van der Waals surface area contributed by atoms with Crippen LogP contribution in [0.4, 0.5) is 13.2 Å². The highest BCUT2D eigenvalue weighted by Gasteiger charge is 2.30. The molecule has 4 nitrogen and oxygen atoms in total. The van der Waals surface area contributed by atoms with Crippen molar-refractivity contribution >= 4 is 0 Å². The Morgan fingerprint density at radius 1 is 1.31 bits per heavy atom. The predicted molar refractivity (Wildman–Crippen MR) is 51.8 cm³/mol. The van der Waals surface area contributed by atoms with Crippen LogP contribution in [0.2, 0.25) is 0 Å². The van der Waals surface area contributed by atoms with Crippen LogP contribution in [0, 0.1) is 0 Å². The average Bonchev–Trinajstić information content (AvgIpc) is 2.64. The van der Waals surface area contributed by atoms with E-state index in [4.69, 9.17) is 5.11 Å². The van der Waals surface area contributed by atoms with Gasteiger partial charge in [-0.3, -0.25) is 4.90 Å². The third-order valence-corrected chi connectivity index (χ3v) is 2.05. The molecule has 0 aliphatic rings. The zero-order valence-corrected chi connectivity index (χ0v) is 8.69. The standard InChI is InChI=1S/C9H14F3N3O/c10-9(11,12)7-14(5-6-16)3-4-15-2-1-13-8-15/h1-2,8,16H,3-7H2. The maximum Gasteiger partial charge on any atom is 0.401 e. The molecule has 1 heterocycles. The van der Waals surface area contributed by atoms with E-state index in [0.29, 0.717) is 6.54 Å². The fraction of sp³-hybridized carbons (Fsp3) is 0.667. The fourth-order valence-electron chi connectivity index (χ4n) is 1.34. The fourth-order valence-corrected chi connectivity index (χ4v) is 1.34. The molecule has 0 unspecified atom stereocenters. The molecule has 0 radical (unpaired) electrons. The van der Waals surface area contributed by atoms with Gasteiger partial charge in [-0.25, -0.2) is 4.98 Å². The summed E-state index contributed by atoms with van der Waals surface area (Å²) in [7, 11) is 0. The minimum Gasteiger partial charge on any atom is -0.395 e. The van der Waals surface area contributed by atoms with Gasteiger partial charge in [0.2, 0.25) is 0 Å². The summed E-state index contributed by atoms with van der Waals surface area (Å²) < 4.78 is 38.2. The molecular formula is C9H14F3N3O. The molecule has 0 saturated heterocycles. The van der Waals surface area contributed by atoms with E-state index in [1.807, 2.05) is 0 Å². The van der Waals surface area contributed by atoms with Gasteiger partial charge in [-0.05, 0) is 0 Å². The summed E-state index contributed by atoms with van der Waals surface area (Å²) in [6, 6.07) is 0. The first kappa shape index (κ1) is 13.0. The first-order valence-corrected chi connectivity index (χ1v) is 4.87. The zero-order chi connectivity index (χ0) is 12.0. The SMILES string of the molecule is OCCN(CCn1ccnc1)CC(F)(F)F. The normalized spacial score (nSPS) is 12.3. The number of aromatic nitrogens is 2. The van der Waals surface area contributed by atoms with Gasteiger partial charge in [0.25, 0.3) is 0 Å². The van der Waals surface area contributed by atoms with E-state index in [1.165, 1.54) is 4.90 Å². The number of imidazole rings is 1. The van der Waals surface area contributed by atoms with E-state index >= 15 is 0 Å². The van der Waals surface area contributed by atoms with Crippen LogP contribution in [-0.2, 0) is 6.54 Å². The van der Waals surface area contributed by atoms with E-state index in [-0.39, 0.29) is 19.7 Å². The van der Waals surface area contributed by atoms with Gasteiger partial charge in [-0.15, -0.1) is 0 Å².